The van der Waals surface area contributed by atoms with E-state index in [0.29, 0.717) is 29.5 Å². The first-order valence-corrected chi connectivity index (χ1v) is 8.87. The van der Waals surface area contributed by atoms with Gasteiger partial charge >= 0.3 is 0 Å². The van der Waals surface area contributed by atoms with E-state index in [4.69, 9.17) is 16.3 Å². The average molecular weight is 368 g/mol. The summed E-state index contributed by atoms with van der Waals surface area (Å²) in [6.07, 6.45) is 1.65. The highest BCUT2D eigenvalue weighted by Gasteiger charge is 2.19. The molecule has 4 rings (SSSR count). The number of carbonyl (C=O) groups is 1. The molecule has 5 nitrogen and oxygen atoms in total. The molecule has 0 atom stereocenters. The van der Waals surface area contributed by atoms with E-state index >= 15 is 0 Å². The smallest absolute Gasteiger partial charge is 0.257 e. The van der Waals surface area contributed by atoms with Gasteiger partial charge in [-0.3, -0.25) is 4.79 Å². The van der Waals surface area contributed by atoms with Crippen LogP contribution in [0.2, 0.25) is 5.02 Å². The predicted molar refractivity (Wildman–Crippen MR) is 104 cm³/mol. The summed E-state index contributed by atoms with van der Waals surface area (Å²) in [4.78, 5) is 19.6. The van der Waals surface area contributed by atoms with Crippen LogP contribution in [0.4, 0.5) is 11.5 Å². The first kappa shape index (κ1) is 16.8. The predicted octanol–water partition coefficient (Wildman–Crippen LogP) is 3.98. The first-order valence-electron chi connectivity index (χ1n) is 8.50. The van der Waals surface area contributed by atoms with Gasteiger partial charge in [-0.2, -0.15) is 0 Å². The Hall–Kier alpha value is -2.63. The average Bonchev–Trinajstić information content (AvgIpc) is 2.68. The largest absolute Gasteiger partial charge is 0.378 e. The molecule has 1 aliphatic rings. The van der Waals surface area contributed by atoms with Crippen LogP contribution in [0.15, 0.2) is 54.7 Å². The Morgan fingerprint density at radius 1 is 1.08 bits per heavy atom. The van der Waals surface area contributed by atoms with Crippen LogP contribution in [-0.2, 0) is 4.74 Å². The van der Waals surface area contributed by atoms with Gasteiger partial charge in [-0.15, -0.1) is 0 Å². The minimum atomic E-state index is -0.204. The molecular formula is C20H18ClN3O2. The van der Waals surface area contributed by atoms with Crippen molar-refractivity contribution in [2.45, 2.75) is 0 Å². The third-order valence-corrected chi connectivity index (χ3v) is 4.65. The molecule has 3 aromatic rings. The molecule has 0 bridgehead atoms. The second-order valence-corrected chi connectivity index (χ2v) is 6.54. The summed E-state index contributed by atoms with van der Waals surface area (Å²) in [5.74, 6) is 0.688. The number of amides is 1. The summed E-state index contributed by atoms with van der Waals surface area (Å²) in [5, 5.41) is 5.31. The maximum atomic E-state index is 12.8. The van der Waals surface area contributed by atoms with E-state index in [0.717, 1.165) is 29.7 Å². The normalized spacial score (nSPS) is 14.4. The van der Waals surface area contributed by atoms with E-state index in [-0.39, 0.29) is 5.91 Å². The lowest BCUT2D eigenvalue weighted by molar-refractivity contribution is 0.102. The maximum Gasteiger partial charge on any atom is 0.257 e. The third-order valence-electron chi connectivity index (χ3n) is 4.41. The Labute approximate surface area is 156 Å². The number of hydrogen-bond acceptors (Lipinski definition) is 4. The number of nitrogens with one attached hydrogen (secondary N) is 1. The van der Waals surface area contributed by atoms with Crippen LogP contribution in [0.5, 0.6) is 0 Å². The molecule has 0 aliphatic carbocycles. The number of hydrogen-bond donors (Lipinski definition) is 1. The van der Waals surface area contributed by atoms with Gasteiger partial charge in [0.2, 0.25) is 0 Å². The van der Waals surface area contributed by atoms with E-state index < -0.39 is 0 Å². The molecule has 0 spiro atoms. The summed E-state index contributed by atoms with van der Waals surface area (Å²) >= 11 is 6.00. The fourth-order valence-corrected chi connectivity index (χ4v) is 3.34. The lowest BCUT2D eigenvalue weighted by atomic mass is 10.1. The van der Waals surface area contributed by atoms with Crippen molar-refractivity contribution in [3.05, 3.63) is 65.3 Å². The summed E-state index contributed by atoms with van der Waals surface area (Å²) in [6, 6.07) is 14.9. The van der Waals surface area contributed by atoms with Crippen molar-refractivity contribution in [3.8, 4) is 0 Å². The molecule has 1 fully saturated rings. The SMILES string of the molecule is O=C(Nc1cccc(Cl)c1)c1cnc(N2CCOCC2)c2ccccc12. The Morgan fingerprint density at radius 3 is 2.62 bits per heavy atom. The molecule has 1 N–H and O–H groups in total. The van der Waals surface area contributed by atoms with Gasteiger partial charge in [-0.05, 0) is 23.6 Å². The molecule has 1 saturated heterocycles. The fourth-order valence-electron chi connectivity index (χ4n) is 3.15. The Kier molecular flexibility index (Phi) is 4.73. The number of fused-ring (bicyclic) bond motifs is 1. The Morgan fingerprint density at radius 2 is 1.85 bits per heavy atom. The van der Waals surface area contributed by atoms with E-state index in [1.807, 2.05) is 30.3 Å². The molecule has 6 heteroatoms. The number of halogens is 1. The van der Waals surface area contributed by atoms with Gasteiger partial charge in [0, 0.05) is 35.4 Å². The number of rotatable bonds is 3. The number of aromatic nitrogens is 1. The zero-order valence-corrected chi connectivity index (χ0v) is 14.9. The first-order chi connectivity index (χ1) is 12.7. The number of pyridine rings is 1. The minimum Gasteiger partial charge on any atom is -0.378 e. The second-order valence-electron chi connectivity index (χ2n) is 6.10. The Bertz CT molecular complexity index is 955. The fraction of sp³-hybridized carbons (Fsp3) is 0.200. The molecular weight excluding hydrogens is 350 g/mol. The molecule has 0 saturated carbocycles. The van der Waals surface area contributed by atoms with Crippen LogP contribution in [-0.4, -0.2) is 37.2 Å². The van der Waals surface area contributed by atoms with E-state index in [1.165, 1.54) is 0 Å². The van der Waals surface area contributed by atoms with Gasteiger partial charge in [0.1, 0.15) is 5.82 Å². The second kappa shape index (κ2) is 7.32. The van der Waals surface area contributed by atoms with Crippen LogP contribution in [0.3, 0.4) is 0 Å². The van der Waals surface area contributed by atoms with E-state index in [2.05, 4.69) is 15.2 Å². The molecule has 0 radical (unpaired) electrons. The van der Waals surface area contributed by atoms with Gasteiger partial charge in [0.25, 0.3) is 5.91 Å². The molecule has 1 aromatic heterocycles. The summed E-state index contributed by atoms with van der Waals surface area (Å²) < 4.78 is 5.43. The van der Waals surface area contributed by atoms with Crippen molar-refractivity contribution in [3.63, 3.8) is 0 Å². The van der Waals surface area contributed by atoms with Gasteiger partial charge < -0.3 is 15.0 Å². The highest BCUT2D eigenvalue weighted by Crippen LogP contribution is 2.28. The molecule has 132 valence electrons. The van der Waals surface area contributed by atoms with Crippen molar-refractivity contribution in [2.75, 3.05) is 36.5 Å². The van der Waals surface area contributed by atoms with E-state index in [1.54, 1.807) is 24.4 Å². The molecule has 1 aliphatic heterocycles. The van der Waals surface area contributed by atoms with Crippen LogP contribution in [0.25, 0.3) is 10.8 Å². The van der Waals surface area contributed by atoms with Crippen molar-refractivity contribution >= 4 is 39.8 Å². The molecule has 1 amide bonds. The number of carbonyl (C=O) groups excluding carboxylic acids is 1. The minimum absolute atomic E-state index is 0.204. The highest BCUT2D eigenvalue weighted by atomic mass is 35.5. The lowest BCUT2D eigenvalue weighted by Crippen LogP contribution is -2.37. The van der Waals surface area contributed by atoms with E-state index in [9.17, 15) is 4.79 Å². The lowest BCUT2D eigenvalue weighted by Gasteiger charge is -2.29. The van der Waals surface area contributed by atoms with Crippen LogP contribution < -0.4 is 10.2 Å². The number of morpholine rings is 1. The monoisotopic (exact) mass is 367 g/mol. The van der Waals surface area contributed by atoms with Gasteiger partial charge in [0.15, 0.2) is 0 Å². The maximum absolute atomic E-state index is 12.8. The zero-order chi connectivity index (χ0) is 17.9. The number of nitrogens with zero attached hydrogens (tertiary/aromatic N) is 2. The van der Waals surface area contributed by atoms with Crippen molar-refractivity contribution in [1.82, 2.24) is 4.98 Å². The summed E-state index contributed by atoms with van der Waals surface area (Å²) in [6.45, 7) is 2.97. The number of anilines is 2. The molecule has 2 aromatic carbocycles. The van der Waals surface area contributed by atoms with Crippen molar-refractivity contribution < 1.29 is 9.53 Å². The Balaban J connectivity index is 1.70. The third kappa shape index (κ3) is 3.36. The quantitative estimate of drug-likeness (QED) is 0.760. The molecule has 0 unspecified atom stereocenters. The zero-order valence-electron chi connectivity index (χ0n) is 14.1. The van der Waals surface area contributed by atoms with Crippen molar-refractivity contribution in [2.24, 2.45) is 0 Å². The van der Waals surface area contributed by atoms with Gasteiger partial charge in [-0.25, -0.2) is 4.98 Å². The number of ether oxygens (including phenoxy) is 1. The van der Waals surface area contributed by atoms with Crippen LogP contribution in [0.1, 0.15) is 10.4 Å². The highest BCUT2D eigenvalue weighted by molar-refractivity contribution is 6.31. The molecule has 26 heavy (non-hydrogen) atoms. The summed E-state index contributed by atoms with van der Waals surface area (Å²) in [5.41, 5.74) is 1.20. The van der Waals surface area contributed by atoms with Crippen LogP contribution >= 0.6 is 11.6 Å². The standard InChI is InChI=1S/C20H18ClN3O2/c21-14-4-3-5-15(12-14)23-20(25)18-13-22-19(24-8-10-26-11-9-24)17-7-2-1-6-16(17)18/h1-7,12-13H,8-11H2,(H,23,25). The number of benzene rings is 2. The van der Waals surface area contributed by atoms with Crippen LogP contribution in [0, 0.1) is 0 Å². The van der Waals surface area contributed by atoms with Gasteiger partial charge in [-0.1, -0.05) is 41.9 Å². The van der Waals surface area contributed by atoms with Gasteiger partial charge in [0.05, 0.1) is 18.8 Å². The molecule has 2 heterocycles. The summed E-state index contributed by atoms with van der Waals surface area (Å²) in [7, 11) is 0. The topological polar surface area (TPSA) is 54.5 Å². The van der Waals surface area contributed by atoms with Crippen molar-refractivity contribution in [1.29, 1.82) is 0 Å².